The second-order valence-electron chi connectivity index (χ2n) is 4.43. The SMILES string of the molecule is O=C(CC1CNc2ccccc21)c1cscc1Br. The van der Waals surface area contributed by atoms with Gasteiger partial charge >= 0.3 is 0 Å². The first-order valence-electron chi connectivity index (χ1n) is 5.83. The van der Waals surface area contributed by atoms with Crippen LogP contribution in [-0.4, -0.2) is 12.3 Å². The Bertz CT molecular complexity index is 593. The number of halogens is 1. The molecule has 0 spiro atoms. The van der Waals surface area contributed by atoms with E-state index in [4.69, 9.17) is 0 Å². The lowest BCUT2D eigenvalue weighted by atomic mass is 9.94. The lowest BCUT2D eigenvalue weighted by Gasteiger charge is -2.08. The predicted molar refractivity (Wildman–Crippen MR) is 78.6 cm³/mol. The zero-order chi connectivity index (χ0) is 12.5. The highest BCUT2D eigenvalue weighted by Gasteiger charge is 2.25. The molecular weight excluding hydrogens is 310 g/mol. The van der Waals surface area contributed by atoms with Crippen LogP contribution in [-0.2, 0) is 0 Å². The molecule has 1 aromatic heterocycles. The molecule has 4 heteroatoms. The summed E-state index contributed by atoms with van der Waals surface area (Å²) < 4.78 is 0.914. The highest BCUT2D eigenvalue weighted by atomic mass is 79.9. The van der Waals surface area contributed by atoms with Crippen LogP contribution in [0.5, 0.6) is 0 Å². The van der Waals surface area contributed by atoms with Crippen LogP contribution in [0.25, 0.3) is 0 Å². The van der Waals surface area contributed by atoms with Crippen LogP contribution < -0.4 is 5.32 Å². The molecule has 2 heterocycles. The number of benzene rings is 1. The predicted octanol–water partition coefficient (Wildman–Crippen LogP) is 4.29. The molecule has 0 bridgehead atoms. The van der Waals surface area contributed by atoms with Gasteiger partial charge in [-0.05, 0) is 27.6 Å². The molecule has 0 amide bonds. The van der Waals surface area contributed by atoms with Gasteiger partial charge in [-0.1, -0.05) is 18.2 Å². The van der Waals surface area contributed by atoms with Crippen LogP contribution in [0.15, 0.2) is 39.5 Å². The average molecular weight is 322 g/mol. The van der Waals surface area contributed by atoms with E-state index in [2.05, 4.69) is 33.4 Å². The number of anilines is 1. The Hall–Kier alpha value is -1.13. The number of nitrogens with one attached hydrogen (secondary N) is 1. The van der Waals surface area contributed by atoms with Gasteiger partial charge in [0.1, 0.15) is 0 Å². The van der Waals surface area contributed by atoms with Gasteiger partial charge in [-0.15, -0.1) is 0 Å². The van der Waals surface area contributed by atoms with Gasteiger partial charge in [0.05, 0.1) is 0 Å². The molecule has 1 aromatic carbocycles. The van der Waals surface area contributed by atoms with E-state index in [1.165, 1.54) is 11.3 Å². The second-order valence-corrected chi connectivity index (χ2v) is 6.02. The summed E-state index contributed by atoms with van der Waals surface area (Å²) in [6, 6.07) is 8.23. The number of hydrogen-bond donors (Lipinski definition) is 1. The number of ketones is 1. The van der Waals surface area contributed by atoms with E-state index in [0.717, 1.165) is 16.6 Å². The quantitative estimate of drug-likeness (QED) is 0.854. The van der Waals surface area contributed by atoms with Gasteiger partial charge < -0.3 is 5.32 Å². The zero-order valence-corrected chi connectivity index (χ0v) is 12.1. The van der Waals surface area contributed by atoms with Crippen LogP contribution in [0.3, 0.4) is 0 Å². The first kappa shape index (κ1) is 11.9. The summed E-state index contributed by atoms with van der Waals surface area (Å²) in [5, 5.41) is 7.22. The largest absolute Gasteiger partial charge is 0.384 e. The topological polar surface area (TPSA) is 29.1 Å². The van der Waals surface area contributed by atoms with Crippen molar-refractivity contribution in [2.45, 2.75) is 12.3 Å². The maximum atomic E-state index is 12.2. The van der Waals surface area contributed by atoms with Gasteiger partial charge in [0, 0.05) is 45.4 Å². The lowest BCUT2D eigenvalue weighted by Crippen LogP contribution is -2.09. The van der Waals surface area contributed by atoms with Gasteiger partial charge in [-0.3, -0.25) is 4.79 Å². The van der Waals surface area contributed by atoms with Gasteiger partial charge in [0.15, 0.2) is 5.78 Å². The number of carbonyl (C=O) groups excluding carboxylic acids is 1. The van der Waals surface area contributed by atoms with Crippen molar-refractivity contribution in [2.24, 2.45) is 0 Å². The molecule has 1 aliphatic rings. The van der Waals surface area contributed by atoms with Crippen molar-refractivity contribution in [3.05, 3.63) is 50.6 Å². The Balaban J connectivity index is 1.79. The summed E-state index contributed by atoms with van der Waals surface area (Å²) in [7, 11) is 0. The minimum atomic E-state index is 0.214. The van der Waals surface area contributed by atoms with Crippen molar-refractivity contribution < 1.29 is 4.79 Å². The van der Waals surface area contributed by atoms with Crippen molar-refractivity contribution in [3.8, 4) is 0 Å². The molecule has 0 saturated heterocycles. The van der Waals surface area contributed by atoms with E-state index in [1.807, 2.05) is 22.9 Å². The summed E-state index contributed by atoms with van der Waals surface area (Å²) in [4.78, 5) is 12.2. The van der Waals surface area contributed by atoms with E-state index in [9.17, 15) is 4.79 Å². The molecule has 18 heavy (non-hydrogen) atoms. The minimum absolute atomic E-state index is 0.214. The fraction of sp³-hybridized carbons (Fsp3) is 0.214. The van der Waals surface area contributed by atoms with Crippen molar-refractivity contribution in [2.75, 3.05) is 11.9 Å². The Labute approximate surface area is 118 Å². The highest BCUT2D eigenvalue weighted by molar-refractivity contribution is 9.10. The summed E-state index contributed by atoms with van der Waals surface area (Å²) in [5.74, 6) is 0.507. The molecule has 0 radical (unpaired) electrons. The number of hydrogen-bond acceptors (Lipinski definition) is 3. The van der Waals surface area contributed by atoms with Crippen LogP contribution in [0.1, 0.15) is 28.3 Å². The number of thiophene rings is 1. The summed E-state index contributed by atoms with van der Waals surface area (Å²) in [5.41, 5.74) is 3.24. The van der Waals surface area contributed by atoms with Gasteiger partial charge in [0.25, 0.3) is 0 Å². The smallest absolute Gasteiger partial charge is 0.165 e. The average Bonchev–Trinajstić information content (AvgIpc) is 2.97. The van der Waals surface area contributed by atoms with E-state index in [0.29, 0.717) is 12.3 Å². The Morgan fingerprint density at radius 1 is 1.39 bits per heavy atom. The molecule has 3 rings (SSSR count). The monoisotopic (exact) mass is 321 g/mol. The van der Waals surface area contributed by atoms with Gasteiger partial charge in [0.2, 0.25) is 0 Å². The third-order valence-electron chi connectivity index (χ3n) is 3.29. The van der Waals surface area contributed by atoms with E-state index in [-0.39, 0.29) is 5.78 Å². The molecule has 2 aromatic rings. The lowest BCUT2D eigenvalue weighted by molar-refractivity contribution is 0.0975. The molecular formula is C14H12BrNOS. The first-order valence-corrected chi connectivity index (χ1v) is 7.57. The molecule has 1 atom stereocenters. The molecule has 0 aliphatic carbocycles. The molecule has 1 unspecified atom stereocenters. The van der Waals surface area contributed by atoms with Crippen molar-refractivity contribution in [1.82, 2.24) is 0 Å². The van der Waals surface area contributed by atoms with Crippen molar-refractivity contribution in [1.29, 1.82) is 0 Å². The van der Waals surface area contributed by atoms with E-state index in [1.54, 1.807) is 11.3 Å². The molecule has 1 aliphatic heterocycles. The maximum Gasteiger partial charge on any atom is 0.165 e. The molecule has 92 valence electrons. The van der Waals surface area contributed by atoms with Gasteiger partial charge in [-0.2, -0.15) is 11.3 Å². The normalized spacial score (nSPS) is 17.3. The third kappa shape index (κ3) is 2.10. The van der Waals surface area contributed by atoms with Crippen LogP contribution in [0.4, 0.5) is 5.69 Å². The molecule has 1 N–H and O–H groups in total. The third-order valence-corrected chi connectivity index (χ3v) is 4.99. The standard InChI is InChI=1S/C14H12BrNOS/c15-12-8-18-7-11(12)14(17)5-9-6-16-13-4-2-1-3-10(9)13/h1-4,7-9,16H,5-6H2. The Kier molecular flexibility index (Phi) is 3.22. The number of para-hydroxylation sites is 1. The number of fused-ring (bicyclic) bond motifs is 1. The molecule has 0 saturated carbocycles. The summed E-state index contributed by atoms with van der Waals surface area (Å²) >= 11 is 4.98. The van der Waals surface area contributed by atoms with Crippen molar-refractivity contribution >= 4 is 38.7 Å². The maximum absolute atomic E-state index is 12.2. The fourth-order valence-electron chi connectivity index (χ4n) is 2.35. The summed E-state index contributed by atoms with van der Waals surface area (Å²) in [6.45, 7) is 0.854. The first-order chi connectivity index (χ1) is 8.75. The zero-order valence-electron chi connectivity index (χ0n) is 9.65. The minimum Gasteiger partial charge on any atom is -0.384 e. The number of carbonyl (C=O) groups is 1. The Morgan fingerprint density at radius 3 is 3.00 bits per heavy atom. The number of rotatable bonds is 3. The second kappa shape index (κ2) is 4.86. The molecule has 2 nitrogen and oxygen atoms in total. The Morgan fingerprint density at radius 2 is 2.22 bits per heavy atom. The van der Waals surface area contributed by atoms with E-state index < -0.39 is 0 Å². The van der Waals surface area contributed by atoms with Crippen LogP contribution in [0.2, 0.25) is 0 Å². The van der Waals surface area contributed by atoms with Gasteiger partial charge in [-0.25, -0.2) is 0 Å². The van der Waals surface area contributed by atoms with Crippen LogP contribution in [0, 0.1) is 0 Å². The van der Waals surface area contributed by atoms with Crippen molar-refractivity contribution in [3.63, 3.8) is 0 Å². The van der Waals surface area contributed by atoms with Crippen LogP contribution >= 0.6 is 27.3 Å². The highest BCUT2D eigenvalue weighted by Crippen LogP contribution is 2.35. The molecule has 0 fully saturated rings. The summed E-state index contributed by atoms with van der Waals surface area (Å²) in [6.07, 6.45) is 0.569. The number of Topliss-reactive ketones (excluding diaryl/α,β-unsaturated/α-hetero) is 1. The van der Waals surface area contributed by atoms with E-state index >= 15 is 0 Å². The fourth-order valence-corrected chi connectivity index (χ4v) is 3.87.